The molecule has 0 aliphatic heterocycles. The number of hydrogen-bond donors (Lipinski definition) is 1. The van der Waals surface area contributed by atoms with Gasteiger partial charge in [-0.3, -0.25) is 0 Å². The van der Waals surface area contributed by atoms with Crippen LogP contribution in [0.3, 0.4) is 0 Å². The number of halogens is 2. The van der Waals surface area contributed by atoms with Crippen LogP contribution < -0.4 is 5.32 Å². The Bertz CT molecular complexity index is 496. The van der Waals surface area contributed by atoms with Gasteiger partial charge in [0.25, 0.3) is 0 Å². The van der Waals surface area contributed by atoms with Crippen molar-refractivity contribution in [2.45, 2.75) is 13.5 Å². The van der Waals surface area contributed by atoms with Gasteiger partial charge in [0, 0.05) is 10.2 Å². The molecule has 0 saturated carbocycles. The SMILES string of the molecule is Cc1ccoc1CNc1ccc(Br)c(Cl)c1. The Kier molecular flexibility index (Phi) is 3.56. The first-order valence-corrected chi connectivity index (χ1v) is 6.06. The van der Waals surface area contributed by atoms with E-state index in [-0.39, 0.29) is 0 Å². The molecule has 2 nitrogen and oxygen atoms in total. The van der Waals surface area contributed by atoms with Crippen LogP contribution in [0.25, 0.3) is 0 Å². The monoisotopic (exact) mass is 299 g/mol. The van der Waals surface area contributed by atoms with E-state index in [4.69, 9.17) is 16.0 Å². The summed E-state index contributed by atoms with van der Waals surface area (Å²) in [5, 5.41) is 3.95. The van der Waals surface area contributed by atoms with E-state index in [1.54, 1.807) is 6.26 Å². The number of anilines is 1. The fourth-order valence-corrected chi connectivity index (χ4v) is 1.80. The number of hydrogen-bond acceptors (Lipinski definition) is 2. The second kappa shape index (κ2) is 4.93. The molecule has 4 heteroatoms. The molecule has 0 atom stereocenters. The Labute approximate surface area is 108 Å². The molecule has 0 spiro atoms. The molecule has 1 N–H and O–H groups in total. The van der Waals surface area contributed by atoms with E-state index < -0.39 is 0 Å². The summed E-state index contributed by atoms with van der Waals surface area (Å²) in [5.74, 6) is 0.944. The molecule has 16 heavy (non-hydrogen) atoms. The maximum absolute atomic E-state index is 6.00. The second-order valence-corrected chi connectivity index (χ2v) is 4.77. The van der Waals surface area contributed by atoms with Crippen molar-refractivity contribution in [1.29, 1.82) is 0 Å². The lowest BCUT2D eigenvalue weighted by Gasteiger charge is -2.06. The highest BCUT2D eigenvalue weighted by Crippen LogP contribution is 2.25. The van der Waals surface area contributed by atoms with Gasteiger partial charge in [-0.25, -0.2) is 0 Å². The summed E-state index contributed by atoms with van der Waals surface area (Å²) in [4.78, 5) is 0. The number of benzene rings is 1. The van der Waals surface area contributed by atoms with Gasteiger partial charge in [-0.2, -0.15) is 0 Å². The van der Waals surface area contributed by atoms with Gasteiger partial charge in [-0.15, -0.1) is 0 Å². The molecule has 1 aromatic heterocycles. The molecule has 0 bridgehead atoms. The van der Waals surface area contributed by atoms with Crippen LogP contribution >= 0.6 is 27.5 Å². The van der Waals surface area contributed by atoms with E-state index in [1.807, 2.05) is 31.2 Å². The van der Waals surface area contributed by atoms with Gasteiger partial charge >= 0.3 is 0 Å². The second-order valence-electron chi connectivity index (χ2n) is 3.51. The molecule has 1 aromatic carbocycles. The summed E-state index contributed by atoms with van der Waals surface area (Å²) in [6, 6.07) is 7.71. The Morgan fingerprint density at radius 1 is 1.38 bits per heavy atom. The zero-order chi connectivity index (χ0) is 11.5. The molecule has 0 amide bonds. The first-order valence-electron chi connectivity index (χ1n) is 4.88. The lowest BCUT2D eigenvalue weighted by atomic mass is 10.2. The Balaban J connectivity index is 2.05. The van der Waals surface area contributed by atoms with Crippen molar-refractivity contribution in [1.82, 2.24) is 0 Å². The van der Waals surface area contributed by atoms with E-state index in [2.05, 4.69) is 21.2 Å². The topological polar surface area (TPSA) is 25.2 Å². The number of furan rings is 1. The van der Waals surface area contributed by atoms with Crippen molar-refractivity contribution in [2.75, 3.05) is 5.32 Å². The molecule has 0 aliphatic carbocycles. The van der Waals surface area contributed by atoms with Crippen molar-refractivity contribution in [3.63, 3.8) is 0 Å². The van der Waals surface area contributed by atoms with Crippen LogP contribution in [0.1, 0.15) is 11.3 Å². The van der Waals surface area contributed by atoms with Gasteiger partial charge in [0.1, 0.15) is 5.76 Å². The third-order valence-corrected chi connectivity index (χ3v) is 3.57. The fourth-order valence-electron chi connectivity index (χ4n) is 1.37. The first kappa shape index (κ1) is 11.6. The lowest BCUT2D eigenvalue weighted by molar-refractivity contribution is 0.515. The highest BCUT2D eigenvalue weighted by atomic mass is 79.9. The van der Waals surface area contributed by atoms with E-state index in [9.17, 15) is 0 Å². The normalized spacial score (nSPS) is 10.4. The summed E-state index contributed by atoms with van der Waals surface area (Å²) in [6.07, 6.45) is 1.70. The fraction of sp³-hybridized carbons (Fsp3) is 0.167. The highest BCUT2D eigenvalue weighted by molar-refractivity contribution is 9.10. The minimum absolute atomic E-state index is 0.663. The number of nitrogens with one attached hydrogen (secondary N) is 1. The Morgan fingerprint density at radius 3 is 2.81 bits per heavy atom. The third-order valence-electron chi connectivity index (χ3n) is 2.34. The van der Waals surface area contributed by atoms with Crippen LogP contribution in [0.4, 0.5) is 5.69 Å². The Morgan fingerprint density at radius 2 is 2.19 bits per heavy atom. The standard InChI is InChI=1S/C12H11BrClNO/c1-8-4-5-16-12(8)7-15-9-2-3-10(13)11(14)6-9/h2-6,15H,7H2,1H3. The molecule has 1 heterocycles. The number of aryl methyl sites for hydroxylation is 1. The molecular weight excluding hydrogens is 289 g/mol. The lowest BCUT2D eigenvalue weighted by Crippen LogP contribution is -1.99. The quantitative estimate of drug-likeness (QED) is 0.895. The Hall–Kier alpha value is -0.930. The van der Waals surface area contributed by atoms with Crippen LogP contribution in [0.2, 0.25) is 5.02 Å². The number of rotatable bonds is 3. The van der Waals surface area contributed by atoms with E-state index in [1.165, 1.54) is 0 Å². The van der Waals surface area contributed by atoms with Gasteiger partial charge in [-0.05, 0) is 52.7 Å². The summed E-state index contributed by atoms with van der Waals surface area (Å²) >= 11 is 9.35. The molecule has 2 aromatic rings. The summed E-state index contributed by atoms with van der Waals surface area (Å²) < 4.78 is 6.23. The molecule has 84 valence electrons. The van der Waals surface area contributed by atoms with Crippen LogP contribution in [-0.4, -0.2) is 0 Å². The summed E-state index contributed by atoms with van der Waals surface area (Å²) in [5.41, 5.74) is 2.12. The first-order chi connectivity index (χ1) is 7.66. The van der Waals surface area contributed by atoms with E-state index in [0.29, 0.717) is 11.6 Å². The predicted molar refractivity (Wildman–Crippen MR) is 69.9 cm³/mol. The molecule has 0 fully saturated rings. The van der Waals surface area contributed by atoms with Gasteiger partial charge in [0.2, 0.25) is 0 Å². The van der Waals surface area contributed by atoms with Gasteiger partial charge in [0.05, 0.1) is 17.8 Å². The smallest absolute Gasteiger partial charge is 0.125 e. The predicted octanol–water partition coefficient (Wildman–Crippen LogP) is 4.62. The zero-order valence-corrected chi connectivity index (χ0v) is 11.1. The third kappa shape index (κ3) is 2.60. The maximum atomic E-state index is 6.00. The largest absolute Gasteiger partial charge is 0.467 e. The van der Waals surface area contributed by atoms with E-state index >= 15 is 0 Å². The van der Waals surface area contributed by atoms with Crippen LogP contribution in [-0.2, 0) is 6.54 Å². The summed E-state index contributed by atoms with van der Waals surface area (Å²) in [6.45, 7) is 2.69. The molecular formula is C12H11BrClNO. The minimum Gasteiger partial charge on any atom is -0.467 e. The zero-order valence-electron chi connectivity index (χ0n) is 8.76. The van der Waals surface area contributed by atoms with E-state index in [0.717, 1.165) is 21.5 Å². The van der Waals surface area contributed by atoms with Gasteiger partial charge in [0.15, 0.2) is 0 Å². The van der Waals surface area contributed by atoms with Crippen molar-refractivity contribution in [3.8, 4) is 0 Å². The van der Waals surface area contributed by atoms with Crippen molar-refractivity contribution >= 4 is 33.2 Å². The van der Waals surface area contributed by atoms with Crippen molar-refractivity contribution in [3.05, 3.63) is 51.3 Å². The highest BCUT2D eigenvalue weighted by Gasteiger charge is 2.02. The van der Waals surface area contributed by atoms with Gasteiger partial charge < -0.3 is 9.73 Å². The molecule has 0 unspecified atom stereocenters. The minimum atomic E-state index is 0.663. The molecule has 0 saturated heterocycles. The average molecular weight is 301 g/mol. The molecule has 0 aliphatic rings. The maximum Gasteiger partial charge on any atom is 0.125 e. The van der Waals surface area contributed by atoms with Crippen LogP contribution in [0.15, 0.2) is 39.4 Å². The van der Waals surface area contributed by atoms with Gasteiger partial charge in [-0.1, -0.05) is 11.6 Å². The average Bonchev–Trinajstić information content (AvgIpc) is 2.66. The van der Waals surface area contributed by atoms with Crippen LogP contribution in [0, 0.1) is 6.92 Å². The van der Waals surface area contributed by atoms with Crippen molar-refractivity contribution in [2.24, 2.45) is 0 Å². The molecule has 2 rings (SSSR count). The molecule has 0 radical (unpaired) electrons. The van der Waals surface area contributed by atoms with Crippen molar-refractivity contribution < 1.29 is 4.42 Å². The summed E-state index contributed by atoms with van der Waals surface area (Å²) in [7, 11) is 0. The van der Waals surface area contributed by atoms with Crippen LogP contribution in [0.5, 0.6) is 0 Å².